The Morgan fingerprint density at radius 2 is 1.75 bits per heavy atom. The molecule has 2 aromatic rings. The van der Waals surface area contributed by atoms with Crippen molar-refractivity contribution in [2.24, 2.45) is 0 Å². The summed E-state index contributed by atoms with van der Waals surface area (Å²) in [5.41, 5.74) is -0.838. The fraction of sp³-hybridized carbons (Fsp3) is 0.125. The van der Waals surface area contributed by atoms with Crippen molar-refractivity contribution in [3.05, 3.63) is 61.3 Å². The van der Waals surface area contributed by atoms with Crippen LogP contribution >= 0.6 is 34.8 Å². The first kappa shape index (κ1) is 21.7. The molecule has 0 fully saturated rings. The van der Waals surface area contributed by atoms with Crippen LogP contribution < -0.4 is 10.1 Å². The predicted molar refractivity (Wildman–Crippen MR) is 99.6 cm³/mol. The smallest absolute Gasteiger partial charge is 0.344 e. The van der Waals surface area contributed by atoms with Gasteiger partial charge in [0.15, 0.2) is 13.2 Å². The van der Waals surface area contributed by atoms with Crippen molar-refractivity contribution in [3.8, 4) is 5.75 Å². The van der Waals surface area contributed by atoms with Crippen LogP contribution in [0.4, 0.5) is 15.8 Å². The van der Waals surface area contributed by atoms with E-state index in [1.807, 2.05) is 0 Å². The SMILES string of the molecule is O=C(COC(=O)COc1cc(Cl)c(Cl)cc1Cl)Nc1cc([N+](=O)[O-])ccc1F. The maximum absolute atomic E-state index is 13.6. The van der Waals surface area contributed by atoms with Crippen molar-refractivity contribution < 1.29 is 28.4 Å². The second-order valence-corrected chi connectivity index (χ2v) is 6.34. The predicted octanol–water partition coefficient (Wildman–Crippen LogP) is 4.25. The first-order valence-electron chi connectivity index (χ1n) is 7.34. The number of rotatable bonds is 7. The molecule has 1 N–H and O–H groups in total. The Labute approximate surface area is 172 Å². The topological polar surface area (TPSA) is 108 Å². The number of non-ortho nitro benzene ring substituents is 1. The monoisotopic (exact) mass is 450 g/mol. The normalized spacial score (nSPS) is 10.3. The number of amides is 1. The van der Waals surface area contributed by atoms with E-state index < -0.39 is 47.2 Å². The molecule has 12 heteroatoms. The van der Waals surface area contributed by atoms with Gasteiger partial charge in [-0.2, -0.15) is 0 Å². The van der Waals surface area contributed by atoms with Gasteiger partial charge in [0.1, 0.15) is 11.6 Å². The molecule has 0 aliphatic rings. The van der Waals surface area contributed by atoms with Gasteiger partial charge in [0, 0.05) is 18.2 Å². The van der Waals surface area contributed by atoms with Gasteiger partial charge in [-0.25, -0.2) is 9.18 Å². The summed E-state index contributed by atoms with van der Waals surface area (Å²) in [4.78, 5) is 33.3. The summed E-state index contributed by atoms with van der Waals surface area (Å²) in [7, 11) is 0. The molecule has 0 radical (unpaired) electrons. The van der Waals surface area contributed by atoms with Gasteiger partial charge in [-0.1, -0.05) is 34.8 Å². The van der Waals surface area contributed by atoms with Gasteiger partial charge in [-0.3, -0.25) is 14.9 Å². The lowest BCUT2D eigenvalue weighted by Gasteiger charge is -2.10. The number of nitrogens with one attached hydrogen (secondary N) is 1. The van der Waals surface area contributed by atoms with Gasteiger partial charge in [0.05, 0.1) is 25.7 Å². The third kappa shape index (κ3) is 5.95. The molecule has 8 nitrogen and oxygen atoms in total. The molecule has 148 valence electrons. The molecule has 0 spiro atoms. The maximum Gasteiger partial charge on any atom is 0.344 e. The molecular weight excluding hydrogens is 442 g/mol. The van der Waals surface area contributed by atoms with Crippen LogP contribution in [0.25, 0.3) is 0 Å². The molecule has 2 aromatic carbocycles. The number of benzene rings is 2. The van der Waals surface area contributed by atoms with Gasteiger partial charge < -0.3 is 14.8 Å². The van der Waals surface area contributed by atoms with Gasteiger partial charge in [-0.05, 0) is 12.1 Å². The number of halogens is 4. The Balaban J connectivity index is 1.86. The molecule has 0 unspecified atom stereocenters. The number of ether oxygens (including phenoxy) is 2. The molecule has 0 heterocycles. The summed E-state index contributed by atoms with van der Waals surface area (Å²) < 4.78 is 23.4. The van der Waals surface area contributed by atoms with Crippen LogP contribution in [0.15, 0.2) is 30.3 Å². The third-order valence-corrected chi connectivity index (χ3v) is 4.14. The number of nitro groups is 1. The summed E-state index contributed by atoms with van der Waals surface area (Å²) >= 11 is 17.5. The number of esters is 1. The second kappa shape index (κ2) is 9.54. The molecule has 0 saturated carbocycles. The Bertz CT molecular complexity index is 941. The standard InChI is InChI=1S/C16H10Cl3FN2O6/c17-9-4-11(19)14(5-10(9)18)27-7-16(24)28-6-15(23)21-13-3-8(22(25)26)1-2-12(13)20/h1-5H,6-7H2,(H,21,23). The highest BCUT2D eigenvalue weighted by Gasteiger charge is 2.15. The Kier molecular flexibility index (Phi) is 7.38. The number of hydrogen-bond donors (Lipinski definition) is 1. The highest BCUT2D eigenvalue weighted by molar-refractivity contribution is 6.43. The number of anilines is 1. The van der Waals surface area contributed by atoms with Gasteiger partial charge in [-0.15, -0.1) is 0 Å². The molecule has 1 amide bonds. The molecule has 28 heavy (non-hydrogen) atoms. The van der Waals surface area contributed by atoms with Crippen LogP contribution in [-0.2, 0) is 14.3 Å². The first-order chi connectivity index (χ1) is 13.2. The van der Waals surface area contributed by atoms with Gasteiger partial charge in [0.25, 0.3) is 11.6 Å². The van der Waals surface area contributed by atoms with E-state index in [-0.39, 0.29) is 20.8 Å². The number of carbonyl (C=O) groups is 2. The Morgan fingerprint density at radius 1 is 1.07 bits per heavy atom. The molecule has 2 rings (SSSR count). The molecule has 0 aliphatic heterocycles. The number of carbonyl (C=O) groups excluding carboxylic acids is 2. The van der Waals surface area contributed by atoms with Crippen LogP contribution in [0, 0.1) is 15.9 Å². The lowest BCUT2D eigenvalue weighted by Crippen LogP contribution is -2.24. The van der Waals surface area contributed by atoms with Gasteiger partial charge >= 0.3 is 5.97 Å². The molecule has 0 saturated heterocycles. The maximum atomic E-state index is 13.6. The average molecular weight is 452 g/mol. The summed E-state index contributed by atoms with van der Waals surface area (Å²) in [6, 6.07) is 5.24. The van der Waals surface area contributed by atoms with Crippen molar-refractivity contribution >= 4 is 58.1 Å². The Hall–Kier alpha value is -2.62. The minimum Gasteiger partial charge on any atom is -0.480 e. The summed E-state index contributed by atoms with van der Waals surface area (Å²) in [5, 5.41) is 13.2. The second-order valence-electron chi connectivity index (χ2n) is 5.12. The minimum absolute atomic E-state index is 0.0798. The molecule has 0 atom stereocenters. The van der Waals surface area contributed by atoms with Crippen molar-refractivity contribution in [2.75, 3.05) is 18.5 Å². The van der Waals surface area contributed by atoms with Crippen molar-refractivity contribution in [1.82, 2.24) is 0 Å². The van der Waals surface area contributed by atoms with Crippen molar-refractivity contribution in [2.45, 2.75) is 0 Å². The Morgan fingerprint density at radius 3 is 2.43 bits per heavy atom. The zero-order valence-electron chi connectivity index (χ0n) is 13.7. The lowest BCUT2D eigenvalue weighted by atomic mass is 10.2. The summed E-state index contributed by atoms with van der Waals surface area (Å²) in [5.74, 6) is -2.63. The summed E-state index contributed by atoms with van der Waals surface area (Å²) in [6.07, 6.45) is 0. The zero-order chi connectivity index (χ0) is 20.8. The molecular formula is C16H10Cl3FN2O6. The van der Waals surface area contributed by atoms with Crippen LogP contribution in [0.2, 0.25) is 15.1 Å². The molecule has 0 aromatic heterocycles. The third-order valence-electron chi connectivity index (χ3n) is 3.12. The highest BCUT2D eigenvalue weighted by atomic mass is 35.5. The van der Waals surface area contributed by atoms with Crippen molar-refractivity contribution in [1.29, 1.82) is 0 Å². The van der Waals surface area contributed by atoms with Crippen LogP contribution in [0.3, 0.4) is 0 Å². The summed E-state index contributed by atoms with van der Waals surface area (Å²) in [6.45, 7) is -1.35. The fourth-order valence-electron chi connectivity index (χ4n) is 1.85. The van der Waals surface area contributed by atoms with E-state index in [0.717, 1.165) is 18.2 Å². The fourth-order valence-corrected chi connectivity index (χ4v) is 2.44. The number of nitro benzene ring substituents is 1. The largest absolute Gasteiger partial charge is 0.480 e. The highest BCUT2D eigenvalue weighted by Crippen LogP contribution is 2.33. The molecule has 0 bridgehead atoms. The number of nitrogens with zero attached hydrogens (tertiary/aromatic N) is 1. The van der Waals surface area contributed by atoms with Crippen LogP contribution in [0.1, 0.15) is 0 Å². The lowest BCUT2D eigenvalue weighted by molar-refractivity contribution is -0.384. The average Bonchev–Trinajstić information content (AvgIpc) is 2.63. The van der Waals surface area contributed by atoms with E-state index in [4.69, 9.17) is 39.5 Å². The quantitative estimate of drug-likeness (QED) is 0.292. The van der Waals surface area contributed by atoms with Gasteiger partial charge in [0.2, 0.25) is 0 Å². The van der Waals surface area contributed by atoms with E-state index in [0.29, 0.717) is 0 Å². The minimum atomic E-state index is -0.920. The van der Waals surface area contributed by atoms with Crippen LogP contribution in [-0.4, -0.2) is 30.0 Å². The molecule has 0 aliphatic carbocycles. The van der Waals surface area contributed by atoms with E-state index in [1.54, 1.807) is 0 Å². The first-order valence-corrected chi connectivity index (χ1v) is 8.47. The van der Waals surface area contributed by atoms with E-state index in [2.05, 4.69) is 10.1 Å². The van der Waals surface area contributed by atoms with Crippen molar-refractivity contribution in [3.63, 3.8) is 0 Å². The van der Waals surface area contributed by atoms with E-state index in [1.165, 1.54) is 12.1 Å². The zero-order valence-corrected chi connectivity index (χ0v) is 16.0. The van der Waals surface area contributed by atoms with E-state index in [9.17, 15) is 24.1 Å². The number of hydrogen-bond acceptors (Lipinski definition) is 6. The van der Waals surface area contributed by atoms with Crippen LogP contribution in [0.5, 0.6) is 5.75 Å². The van der Waals surface area contributed by atoms with E-state index >= 15 is 0 Å².